The zero-order valence-corrected chi connectivity index (χ0v) is 14.9. The molecule has 1 saturated heterocycles. The first-order valence-corrected chi connectivity index (χ1v) is 6.97. The van der Waals surface area contributed by atoms with Gasteiger partial charge < -0.3 is 15.5 Å². The first-order valence-electron chi connectivity index (χ1n) is 6.97. The number of carbonyl (C=O) groups excluding carboxylic acids is 1. The van der Waals surface area contributed by atoms with Gasteiger partial charge in [-0.25, -0.2) is 4.98 Å². The fourth-order valence-electron chi connectivity index (χ4n) is 2.58. The Balaban J connectivity index is 0.00000264. The van der Waals surface area contributed by atoms with Crippen LogP contribution in [-0.4, -0.2) is 44.3 Å². The summed E-state index contributed by atoms with van der Waals surface area (Å²) in [5, 5.41) is 5.23. The second-order valence-electron chi connectivity index (χ2n) is 5.51. The lowest BCUT2D eigenvalue weighted by Crippen LogP contribution is -2.40. The number of aromatic nitrogens is 1. The van der Waals surface area contributed by atoms with Crippen LogP contribution in [0.2, 0.25) is 0 Å². The molecule has 1 amide bonds. The molecule has 0 radical (unpaired) electrons. The number of halogens is 5. The van der Waals surface area contributed by atoms with Crippen LogP contribution in [0.25, 0.3) is 0 Å². The molecule has 1 aromatic heterocycles. The van der Waals surface area contributed by atoms with Gasteiger partial charge in [0, 0.05) is 45.5 Å². The van der Waals surface area contributed by atoms with E-state index in [1.165, 1.54) is 0 Å². The summed E-state index contributed by atoms with van der Waals surface area (Å²) < 4.78 is 38.6. The normalized spacial score (nSPS) is 19.9. The van der Waals surface area contributed by atoms with Gasteiger partial charge in [0.1, 0.15) is 5.82 Å². The van der Waals surface area contributed by atoms with Crippen LogP contribution in [0.3, 0.4) is 0 Å². The molecule has 2 rings (SSSR count). The lowest BCUT2D eigenvalue weighted by Gasteiger charge is -2.21. The van der Waals surface area contributed by atoms with Gasteiger partial charge in [-0.05, 0) is 6.07 Å². The summed E-state index contributed by atoms with van der Waals surface area (Å²) in [6.07, 6.45) is -2.74. The third-order valence-electron chi connectivity index (χ3n) is 3.72. The largest absolute Gasteiger partial charge is 0.393 e. The van der Waals surface area contributed by atoms with E-state index in [1.54, 1.807) is 23.2 Å². The van der Waals surface area contributed by atoms with Crippen molar-refractivity contribution in [2.75, 3.05) is 32.1 Å². The van der Waals surface area contributed by atoms with Gasteiger partial charge in [0.25, 0.3) is 0 Å². The molecule has 1 aliphatic heterocycles. The molecule has 10 heteroatoms. The van der Waals surface area contributed by atoms with E-state index in [4.69, 9.17) is 0 Å². The highest BCUT2D eigenvalue weighted by Gasteiger charge is 2.49. The molecule has 0 aromatic carbocycles. The summed E-state index contributed by atoms with van der Waals surface area (Å²) >= 11 is 0. The Labute approximate surface area is 151 Å². The van der Waals surface area contributed by atoms with Crippen LogP contribution < -0.4 is 15.5 Å². The Kier molecular flexibility index (Phi) is 8.81. The number of nitrogens with one attached hydrogen (secondary N) is 2. The second kappa shape index (κ2) is 9.29. The van der Waals surface area contributed by atoms with E-state index in [1.807, 2.05) is 14.1 Å². The number of nitrogens with zero attached hydrogens (tertiary/aromatic N) is 2. The van der Waals surface area contributed by atoms with Crippen LogP contribution in [0, 0.1) is 11.8 Å². The topological polar surface area (TPSA) is 57.3 Å². The van der Waals surface area contributed by atoms with Crippen molar-refractivity contribution in [3.63, 3.8) is 0 Å². The number of amides is 1. The average Bonchev–Trinajstić information content (AvgIpc) is 2.94. The Hall–Kier alpha value is -1.25. The Morgan fingerprint density at radius 2 is 2.04 bits per heavy atom. The lowest BCUT2D eigenvalue weighted by molar-refractivity contribution is -0.182. The molecule has 24 heavy (non-hydrogen) atoms. The summed E-state index contributed by atoms with van der Waals surface area (Å²) in [5.74, 6) is -2.62. The number of rotatable bonds is 4. The number of carbonyl (C=O) groups is 1. The quantitative estimate of drug-likeness (QED) is 0.828. The van der Waals surface area contributed by atoms with Gasteiger partial charge in [0.2, 0.25) is 5.91 Å². The molecule has 0 spiro atoms. The second-order valence-corrected chi connectivity index (χ2v) is 5.51. The lowest BCUT2D eigenvalue weighted by atomic mass is 9.94. The summed E-state index contributed by atoms with van der Waals surface area (Å²) in [5.41, 5.74) is 0.760. The molecule has 5 nitrogen and oxygen atoms in total. The van der Waals surface area contributed by atoms with Gasteiger partial charge in [-0.15, -0.1) is 24.8 Å². The van der Waals surface area contributed by atoms with Crippen molar-refractivity contribution in [1.82, 2.24) is 15.6 Å². The molecular weight excluding hydrogens is 368 g/mol. The molecule has 0 bridgehead atoms. The first-order chi connectivity index (χ1) is 10.3. The fourth-order valence-corrected chi connectivity index (χ4v) is 2.58. The maximum Gasteiger partial charge on any atom is 0.393 e. The number of hydrogen-bond acceptors (Lipinski definition) is 4. The summed E-state index contributed by atoms with van der Waals surface area (Å²) in [6.45, 7) is -0.0116. The van der Waals surface area contributed by atoms with E-state index in [2.05, 4.69) is 15.6 Å². The van der Waals surface area contributed by atoms with Crippen molar-refractivity contribution in [1.29, 1.82) is 0 Å². The van der Waals surface area contributed by atoms with Gasteiger partial charge in [-0.1, -0.05) is 6.07 Å². The minimum atomic E-state index is -4.37. The van der Waals surface area contributed by atoms with Gasteiger partial charge in [0.05, 0.1) is 11.8 Å². The average molecular weight is 389 g/mol. The van der Waals surface area contributed by atoms with Gasteiger partial charge >= 0.3 is 6.18 Å². The highest BCUT2D eigenvalue weighted by Crippen LogP contribution is 2.34. The molecule has 2 N–H and O–H groups in total. The highest BCUT2D eigenvalue weighted by molar-refractivity contribution is 5.85. The third-order valence-corrected chi connectivity index (χ3v) is 3.72. The molecule has 2 atom stereocenters. The van der Waals surface area contributed by atoms with Gasteiger partial charge in [-0.2, -0.15) is 13.2 Å². The summed E-state index contributed by atoms with van der Waals surface area (Å²) in [4.78, 5) is 18.1. The van der Waals surface area contributed by atoms with E-state index in [0.717, 1.165) is 5.56 Å². The zero-order valence-electron chi connectivity index (χ0n) is 13.3. The van der Waals surface area contributed by atoms with Crippen LogP contribution in [0.5, 0.6) is 0 Å². The maximum absolute atomic E-state index is 12.9. The van der Waals surface area contributed by atoms with Crippen molar-refractivity contribution in [2.24, 2.45) is 11.8 Å². The molecule has 0 aliphatic carbocycles. The minimum Gasteiger partial charge on any atom is -0.362 e. The van der Waals surface area contributed by atoms with E-state index >= 15 is 0 Å². The van der Waals surface area contributed by atoms with E-state index in [-0.39, 0.29) is 44.4 Å². The Morgan fingerprint density at radius 3 is 2.62 bits per heavy atom. The molecule has 138 valence electrons. The molecule has 0 unspecified atom stereocenters. The molecule has 1 aromatic rings. The predicted molar refractivity (Wildman–Crippen MR) is 90.8 cm³/mol. The minimum absolute atomic E-state index is 0. The smallest absolute Gasteiger partial charge is 0.362 e. The van der Waals surface area contributed by atoms with E-state index < -0.39 is 23.9 Å². The van der Waals surface area contributed by atoms with Crippen LogP contribution in [0.4, 0.5) is 19.0 Å². The van der Waals surface area contributed by atoms with Crippen LogP contribution in [-0.2, 0) is 11.3 Å². The van der Waals surface area contributed by atoms with Gasteiger partial charge in [0.15, 0.2) is 0 Å². The number of alkyl halides is 3. The Bertz CT molecular complexity index is 543. The van der Waals surface area contributed by atoms with E-state index in [9.17, 15) is 18.0 Å². The summed E-state index contributed by atoms with van der Waals surface area (Å²) in [6, 6.07) is 3.51. The molecule has 1 aliphatic rings. The molecular formula is C14H21Cl2F3N4O. The number of hydrogen-bond donors (Lipinski definition) is 2. The molecule has 0 saturated carbocycles. The zero-order chi connectivity index (χ0) is 16.3. The predicted octanol–water partition coefficient (Wildman–Crippen LogP) is 2.01. The third kappa shape index (κ3) is 5.39. The monoisotopic (exact) mass is 388 g/mol. The summed E-state index contributed by atoms with van der Waals surface area (Å²) in [7, 11) is 3.63. The number of anilines is 1. The van der Waals surface area contributed by atoms with Crippen LogP contribution >= 0.6 is 24.8 Å². The molecule has 1 fully saturated rings. The van der Waals surface area contributed by atoms with Crippen molar-refractivity contribution >= 4 is 36.5 Å². The fraction of sp³-hybridized carbons (Fsp3) is 0.571. The number of pyridine rings is 1. The molecule has 2 heterocycles. The van der Waals surface area contributed by atoms with Crippen molar-refractivity contribution in [2.45, 2.75) is 12.7 Å². The standard InChI is InChI=1S/C14H19F3N4O.2ClH/c1-21(2)12-9(4-3-5-19-12)6-20-13(22)10-7-18-8-11(10)14(15,16)17;;/h3-5,10-11,18H,6-8H2,1-2H3,(H,20,22);2*1H/t10-,11-;;/m1../s1. The SMILES string of the molecule is CN(C)c1ncccc1CNC(=O)[C@@H]1CNC[C@H]1C(F)(F)F.Cl.Cl. The van der Waals surface area contributed by atoms with Crippen molar-refractivity contribution in [3.8, 4) is 0 Å². The van der Waals surface area contributed by atoms with E-state index in [0.29, 0.717) is 5.82 Å². The van der Waals surface area contributed by atoms with Gasteiger partial charge in [-0.3, -0.25) is 4.79 Å². The van der Waals surface area contributed by atoms with Crippen LogP contribution in [0.15, 0.2) is 18.3 Å². The van der Waals surface area contributed by atoms with Crippen molar-refractivity contribution in [3.05, 3.63) is 23.9 Å². The maximum atomic E-state index is 12.9. The van der Waals surface area contributed by atoms with Crippen LogP contribution in [0.1, 0.15) is 5.56 Å². The Morgan fingerprint density at radius 1 is 1.38 bits per heavy atom. The first kappa shape index (κ1) is 22.8. The highest BCUT2D eigenvalue weighted by atomic mass is 35.5. The van der Waals surface area contributed by atoms with Crippen molar-refractivity contribution < 1.29 is 18.0 Å².